The van der Waals surface area contributed by atoms with Crippen LogP contribution >= 0.6 is 12.4 Å². The summed E-state index contributed by atoms with van der Waals surface area (Å²) in [6, 6.07) is 6.87. The molecule has 1 atom stereocenters. The number of hydrogen-bond acceptors (Lipinski definition) is 4. The number of ether oxygens (including phenoxy) is 1. The van der Waals surface area contributed by atoms with E-state index in [2.05, 4.69) is 6.92 Å². The molecule has 0 saturated carbocycles. The fourth-order valence-electron chi connectivity index (χ4n) is 2.44. The Morgan fingerprint density at radius 1 is 1.41 bits per heavy atom. The molecule has 1 heterocycles. The molecular formula is C16H23ClN2O3. The number of halogens is 1. The lowest BCUT2D eigenvalue weighted by Crippen LogP contribution is -2.36. The van der Waals surface area contributed by atoms with Crippen LogP contribution in [0.5, 0.6) is 5.75 Å². The predicted octanol–water partition coefficient (Wildman–Crippen LogP) is 1.89. The first-order valence-electron chi connectivity index (χ1n) is 7.15. The van der Waals surface area contributed by atoms with Gasteiger partial charge in [0.05, 0.1) is 0 Å². The Bertz CT molecular complexity index is 550. The van der Waals surface area contributed by atoms with Gasteiger partial charge in [-0.25, -0.2) is 0 Å². The molecule has 6 heteroatoms. The quantitative estimate of drug-likeness (QED) is 0.839. The van der Waals surface area contributed by atoms with Gasteiger partial charge in [-0.15, -0.1) is 12.4 Å². The van der Waals surface area contributed by atoms with E-state index in [1.54, 1.807) is 29.2 Å². The summed E-state index contributed by atoms with van der Waals surface area (Å²) < 4.78 is 5.50. The van der Waals surface area contributed by atoms with Crippen molar-refractivity contribution in [3.63, 3.8) is 0 Å². The second kappa shape index (κ2) is 7.61. The smallest absolute Gasteiger partial charge is 0.260 e. The van der Waals surface area contributed by atoms with E-state index in [4.69, 9.17) is 10.5 Å². The van der Waals surface area contributed by atoms with Gasteiger partial charge in [-0.1, -0.05) is 19.1 Å². The summed E-state index contributed by atoms with van der Waals surface area (Å²) in [6.45, 7) is 5.57. The van der Waals surface area contributed by atoms with Crippen molar-refractivity contribution in [3.8, 4) is 5.75 Å². The lowest BCUT2D eigenvalue weighted by Gasteiger charge is -2.22. The van der Waals surface area contributed by atoms with Crippen molar-refractivity contribution < 1.29 is 14.3 Å². The number of rotatable bonds is 5. The van der Waals surface area contributed by atoms with Crippen molar-refractivity contribution in [1.29, 1.82) is 0 Å². The molecule has 22 heavy (non-hydrogen) atoms. The molecule has 1 aliphatic rings. The van der Waals surface area contributed by atoms with E-state index in [0.717, 1.165) is 13.0 Å². The summed E-state index contributed by atoms with van der Waals surface area (Å²) in [7, 11) is 0. The zero-order chi connectivity index (χ0) is 15.5. The van der Waals surface area contributed by atoms with Crippen molar-refractivity contribution in [2.45, 2.75) is 20.3 Å². The van der Waals surface area contributed by atoms with Gasteiger partial charge in [-0.2, -0.15) is 0 Å². The van der Waals surface area contributed by atoms with Crippen molar-refractivity contribution in [2.24, 2.45) is 11.1 Å². The van der Waals surface area contributed by atoms with Crippen LogP contribution in [0.25, 0.3) is 0 Å². The molecule has 1 aromatic carbocycles. The highest BCUT2D eigenvalue weighted by Gasteiger charge is 2.34. The highest BCUT2D eigenvalue weighted by Crippen LogP contribution is 2.28. The van der Waals surface area contributed by atoms with Gasteiger partial charge in [0.1, 0.15) is 5.75 Å². The monoisotopic (exact) mass is 326 g/mol. The van der Waals surface area contributed by atoms with Crippen molar-refractivity contribution in [1.82, 2.24) is 4.90 Å². The normalized spacial score (nSPS) is 20.4. The number of ketones is 1. The number of amides is 1. The Morgan fingerprint density at radius 2 is 2.14 bits per heavy atom. The predicted molar refractivity (Wildman–Crippen MR) is 87.5 cm³/mol. The summed E-state index contributed by atoms with van der Waals surface area (Å²) >= 11 is 0. The molecule has 0 aliphatic carbocycles. The van der Waals surface area contributed by atoms with Crippen LogP contribution in [0.2, 0.25) is 0 Å². The first-order valence-corrected chi connectivity index (χ1v) is 7.15. The molecule has 1 fully saturated rings. The average molecular weight is 327 g/mol. The summed E-state index contributed by atoms with van der Waals surface area (Å²) in [5.41, 5.74) is 6.34. The van der Waals surface area contributed by atoms with Crippen LogP contribution in [-0.2, 0) is 4.79 Å². The third kappa shape index (κ3) is 4.45. The molecular weight excluding hydrogens is 304 g/mol. The summed E-state index contributed by atoms with van der Waals surface area (Å²) in [5, 5.41) is 0. The number of nitrogens with two attached hydrogens (primary N) is 1. The SMILES string of the molecule is CC(=O)c1cccc(OCC(=O)N2CCC(C)(CN)C2)c1.Cl. The summed E-state index contributed by atoms with van der Waals surface area (Å²) in [4.78, 5) is 25.2. The van der Waals surface area contributed by atoms with Gasteiger partial charge in [-0.3, -0.25) is 9.59 Å². The lowest BCUT2D eigenvalue weighted by molar-refractivity contribution is -0.132. The molecule has 2 N–H and O–H groups in total. The molecule has 0 spiro atoms. The molecule has 2 rings (SSSR count). The largest absolute Gasteiger partial charge is 0.484 e. The molecule has 1 unspecified atom stereocenters. The van der Waals surface area contributed by atoms with Crippen LogP contribution in [0, 0.1) is 5.41 Å². The Hall–Kier alpha value is -1.59. The van der Waals surface area contributed by atoms with E-state index in [9.17, 15) is 9.59 Å². The Kier molecular flexibility index (Phi) is 6.38. The molecule has 1 aromatic rings. The highest BCUT2D eigenvalue weighted by molar-refractivity contribution is 5.94. The van der Waals surface area contributed by atoms with Crippen LogP contribution < -0.4 is 10.5 Å². The van der Waals surface area contributed by atoms with Crippen LogP contribution in [0.1, 0.15) is 30.6 Å². The number of Topliss-reactive ketones (excluding diaryl/α,β-unsaturated/α-hetero) is 1. The number of carbonyl (C=O) groups excluding carboxylic acids is 2. The lowest BCUT2D eigenvalue weighted by atomic mass is 9.90. The maximum absolute atomic E-state index is 12.1. The molecule has 0 bridgehead atoms. The van der Waals surface area contributed by atoms with Crippen molar-refractivity contribution in [3.05, 3.63) is 29.8 Å². The fraction of sp³-hybridized carbons (Fsp3) is 0.500. The van der Waals surface area contributed by atoms with Gasteiger partial charge in [0, 0.05) is 18.7 Å². The molecule has 1 saturated heterocycles. The van der Waals surface area contributed by atoms with Crippen LogP contribution in [0.3, 0.4) is 0 Å². The van der Waals surface area contributed by atoms with Crippen LogP contribution in [0.4, 0.5) is 0 Å². The number of likely N-dealkylation sites (tertiary alicyclic amines) is 1. The van der Waals surface area contributed by atoms with Crippen LogP contribution in [-0.4, -0.2) is 42.8 Å². The van der Waals surface area contributed by atoms with Gasteiger partial charge in [0.15, 0.2) is 12.4 Å². The Morgan fingerprint density at radius 3 is 2.73 bits per heavy atom. The molecule has 5 nitrogen and oxygen atoms in total. The summed E-state index contributed by atoms with van der Waals surface area (Å²) in [5.74, 6) is 0.474. The zero-order valence-corrected chi connectivity index (χ0v) is 13.8. The minimum atomic E-state index is -0.0413. The Balaban J connectivity index is 0.00000242. The van der Waals surface area contributed by atoms with Gasteiger partial charge >= 0.3 is 0 Å². The van der Waals surface area contributed by atoms with E-state index >= 15 is 0 Å². The number of hydrogen-bond donors (Lipinski definition) is 1. The Labute approximate surface area is 137 Å². The number of carbonyl (C=O) groups is 2. The van der Waals surface area contributed by atoms with E-state index in [-0.39, 0.29) is 36.1 Å². The van der Waals surface area contributed by atoms with E-state index in [1.165, 1.54) is 6.92 Å². The second-order valence-electron chi connectivity index (χ2n) is 5.95. The highest BCUT2D eigenvalue weighted by atomic mass is 35.5. The minimum absolute atomic E-state index is 0. The second-order valence-corrected chi connectivity index (χ2v) is 5.95. The third-order valence-corrected chi connectivity index (χ3v) is 4.01. The van der Waals surface area contributed by atoms with Gasteiger partial charge in [0.25, 0.3) is 5.91 Å². The third-order valence-electron chi connectivity index (χ3n) is 4.01. The molecule has 1 aliphatic heterocycles. The number of benzene rings is 1. The first kappa shape index (κ1) is 18.5. The van der Waals surface area contributed by atoms with Gasteiger partial charge in [0.2, 0.25) is 0 Å². The van der Waals surface area contributed by atoms with Gasteiger partial charge < -0.3 is 15.4 Å². The van der Waals surface area contributed by atoms with E-state index < -0.39 is 0 Å². The maximum atomic E-state index is 12.1. The summed E-state index contributed by atoms with van der Waals surface area (Å²) in [6.07, 6.45) is 0.926. The first-order chi connectivity index (χ1) is 9.93. The van der Waals surface area contributed by atoms with E-state index in [1.807, 2.05) is 0 Å². The molecule has 122 valence electrons. The maximum Gasteiger partial charge on any atom is 0.260 e. The number of nitrogens with zero attached hydrogens (tertiary/aromatic N) is 1. The standard InChI is InChI=1S/C16H22N2O3.ClH/c1-12(19)13-4-3-5-14(8-13)21-9-15(20)18-7-6-16(2,10-17)11-18;/h3-5,8H,6-7,9-11,17H2,1-2H3;1H. The van der Waals surface area contributed by atoms with Gasteiger partial charge in [-0.05, 0) is 37.4 Å². The topological polar surface area (TPSA) is 72.6 Å². The molecule has 0 aromatic heterocycles. The van der Waals surface area contributed by atoms with Crippen molar-refractivity contribution >= 4 is 24.1 Å². The van der Waals surface area contributed by atoms with Crippen molar-refractivity contribution in [2.75, 3.05) is 26.2 Å². The van der Waals surface area contributed by atoms with E-state index in [0.29, 0.717) is 24.4 Å². The average Bonchev–Trinajstić information content (AvgIpc) is 2.88. The molecule has 0 radical (unpaired) electrons. The zero-order valence-electron chi connectivity index (χ0n) is 13.0. The fourth-order valence-corrected chi connectivity index (χ4v) is 2.44. The molecule has 1 amide bonds. The minimum Gasteiger partial charge on any atom is -0.484 e. The van der Waals surface area contributed by atoms with Crippen LogP contribution in [0.15, 0.2) is 24.3 Å².